The first-order valence-electron chi connectivity index (χ1n) is 23.9. The average Bonchev–Trinajstić information content (AvgIpc) is 3.96. The number of piperidine rings is 1. The Bertz CT molecular complexity index is 2630. The Labute approximate surface area is 412 Å². The molecule has 18 heteroatoms. The number of aliphatic hydroxyl groups excluding tert-OH is 1. The van der Waals surface area contributed by atoms with Crippen LogP contribution in [0, 0.1) is 12.3 Å². The van der Waals surface area contributed by atoms with Gasteiger partial charge >= 0.3 is 0 Å². The number of aromatic hydroxyl groups is 1. The van der Waals surface area contributed by atoms with E-state index in [9.17, 15) is 29.4 Å². The molecule has 4 amide bonds. The first-order chi connectivity index (χ1) is 33.6. The lowest BCUT2D eigenvalue weighted by molar-refractivity contribution is -0.144. The second kappa shape index (κ2) is 22.1. The number of para-hydroxylation sites is 1. The van der Waals surface area contributed by atoms with Crippen molar-refractivity contribution in [2.75, 3.05) is 51.6 Å². The molecule has 70 heavy (non-hydrogen) atoms. The number of phenolic OH excluding ortho intramolecular Hbond substituents is 1. The summed E-state index contributed by atoms with van der Waals surface area (Å²) < 4.78 is 12.3. The van der Waals surface area contributed by atoms with E-state index in [4.69, 9.17) is 15.2 Å². The van der Waals surface area contributed by atoms with Gasteiger partial charge < -0.3 is 45.9 Å². The van der Waals surface area contributed by atoms with E-state index in [0.717, 1.165) is 40.1 Å². The number of β-amino-alcohol motifs (C(OH)–C–C–N with tert-alkyl or cyclic N) is 1. The number of carbonyl (C=O) groups is 4. The molecule has 0 spiro atoms. The first-order valence-corrected chi connectivity index (χ1v) is 24.8. The minimum Gasteiger partial charge on any atom is -0.507 e. The number of amides is 4. The third-order valence-corrected chi connectivity index (χ3v) is 14.2. The second-order valence-electron chi connectivity index (χ2n) is 19.5. The van der Waals surface area contributed by atoms with Gasteiger partial charge in [0.1, 0.15) is 23.5 Å². The molecule has 0 unspecified atom stereocenters. The fourth-order valence-electron chi connectivity index (χ4n) is 9.13. The molecule has 370 valence electrons. The standard InChI is InChI=1S/C52H63N9O8S/c1-32-46(70-31-55-32)35-13-11-34(12-14-35)27-54-49(65)42-25-37(62)28-61(42)51(67)47(52(2,3)4)56-45(64)19-21-59-29-39(30-59)69-38-17-22-60(23-18-38)50(66)36-15-9-33(10-16-36)20-24-68-44-26-41(57-58-48(44)53)40-7-5-6-8-43(40)63/h5-16,26,31,37-39,42,47,62-63H,17-25,27-30H2,1-4H3,(H2,53,58)(H,54,65)(H,56,64)/t37-,42+,47-/m1/s1. The summed E-state index contributed by atoms with van der Waals surface area (Å²) in [7, 11) is 0. The third kappa shape index (κ3) is 12.3. The predicted octanol–water partition coefficient (Wildman–Crippen LogP) is 4.99. The van der Waals surface area contributed by atoms with Crippen LogP contribution in [0.15, 0.2) is 84.4 Å². The number of likely N-dealkylation sites (tertiary alicyclic amines) is 3. The van der Waals surface area contributed by atoms with E-state index < -0.39 is 29.5 Å². The van der Waals surface area contributed by atoms with E-state index in [1.165, 1.54) is 4.90 Å². The molecule has 3 aromatic carbocycles. The number of carbonyl (C=O) groups excluding carboxylic acids is 4. The topological polar surface area (TPSA) is 226 Å². The van der Waals surface area contributed by atoms with E-state index in [1.807, 2.05) is 86.6 Å². The lowest BCUT2D eigenvalue weighted by atomic mass is 9.85. The predicted molar refractivity (Wildman–Crippen MR) is 266 cm³/mol. The van der Waals surface area contributed by atoms with Crippen LogP contribution in [0.25, 0.3) is 21.7 Å². The summed E-state index contributed by atoms with van der Waals surface area (Å²) in [5.74, 6) is -0.408. The van der Waals surface area contributed by atoms with Gasteiger partial charge in [-0.15, -0.1) is 21.5 Å². The van der Waals surface area contributed by atoms with Crippen LogP contribution in [-0.2, 0) is 32.1 Å². The summed E-state index contributed by atoms with van der Waals surface area (Å²) in [6, 6.07) is 22.2. The van der Waals surface area contributed by atoms with Crippen molar-refractivity contribution in [3.8, 4) is 33.2 Å². The molecule has 0 radical (unpaired) electrons. The van der Waals surface area contributed by atoms with Crippen molar-refractivity contribution < 1.29 is 38.9 Å². The van der Waals surface area contributed by atoms with Gasteiger partial charge in [0.2, 0.25) is 17.7 Å². The molecule has 8 rings (SSSR count). The maximum atomic E-state index is 14.1. The van der Waals surface area contributed by atoms with Crippen molar-refractivity contribution in [2.24, 2.45) is 5.41 Å². The van der Waals surface area contributed by atoms with Crippen LogP contribution in [-0.4, -0.2) is 140 Å². The van der Waals surface area contributed by atoms with Gasteiger partial charge in [0.15, 0.2) is 11.6 Å². The zero-order valence-electron chi connectivity index (χ0n) is 40.2. The lowest BCUT2D eigenvalue weighted by Gasteiger charge is -2.42. The number of aliphatic hydroxyl groups is 1. The zero-order chi connectivity index (χ0) is 49.5. The molecule has 0 saturated carbocycles. The highest BCUT2D eigenvalue weighted by atomic mass is 32.1. The number of anilines is 1. The van der Waals surface area contributed by atoms with Gasteiger partial charge in [0.05, 0.1) is 41.0 Å². The Morgan fingerprint density at radius 2 is 1.64 bits per heavy atom. The lowest BCUT2D eigenvalue weighted by Crippen LogP contribution is -2.58. The normalized spacial score (nSPS) is 18.3. The van der Waals surface area contributed by atoms with Crippen molar-refractivity contribution in [2.45, 2.75) is 96.7 Å². The summed E-state index contributed by atoms with van der Waals surface area (Å²) in [5, 5.41) is 34.8. The summed E-state index contributed by atoms with van der Waals surface area (Å²) in [6.45, 7) is 11.3. The number of nitrogen functional groups attached to an aromatic ring is 1. The van der Waals surface area contributed by atoms with Gasteiger partial charge in [-0.1, -0.05) is 69.3 Å². The number of phenols is 1. The highest BCUT2D eigenvalue weighted by Crippen LogP contribution is 2.32. The number of nitrogens with zero attached hydrogens (tertiary/aromatic N) is 6. The summed E-state index contributed by atoms with van der Waals surface area (Å²) in [5.41, 5.74) is 12.7. The first kappa shape index (κ1) is 49.9. The molecular formula is C52H63N9O8S. The van der Waals surface area contributed by atoms with Gasteiger partial charge in [0, 0.05) is 82.3 Å². The number of nitrogens with one attached hydrogen (secondary N) is 2. The van der Waals surface area contributed by atoms with Crippen molar-refractivity contribution >= 4 is 40.8 Å². The number of benzene rings is 3. The molecule has 3 aliphatic rings. The minimum atomic E-state index is -0.899. The number of ether oxygens (including phenoxy) is 2. The number of hydrogen-bond acceptors (Lipinski definition) is 14. The second-order valence-corrected chi connectivity index (χ2v) is 20.3. The maximum Gasteiger partial charge on any atom is 0.253 e. The molecule has 5 aromatic rings. The van der Waals surface area contributed by atoms with Crippen LogP contribution in [0.3, 0.4) is 0 Å². The zero-order valence-corrected chi connectivity index (χ0v) is 41.0. The average molecular weight is 974 g/mol. The monoisotopic (exact) mass is 973 g/mol. The number of hydrogen-bond donors (Lipinski definition) is 5. The molecule has 3 aliphatic heterocycles. The number of aromatic nitrogens is 3. The Balaban J connectivity index is 0.726. The van der Waals surface area contributed by atoms with Crippen molar-refractivity contribution in [3.63, 3.8) is 0 Å². The third-order valence-electron chi connectivity index (χ3n) is 13.2. The van der Waals surface area contributed by atoms with E-state index in [2.05, 4.69) is 30.7 Å². The Hall–Kier alpha value is -6.47. The quantitative estimate of drug-likeness (QED) is 0.0830. The molecule has 5 heterocycles. The molecular weight excluding hydrogens is 911 g/mol. The summed E-state index contributed by atoms with van der Waals surface area (Å²) in [4.78, 5) is 65.2. The van der Waals surface area contributed by atoms with Crippen LogP contribution >= 0.6 is 11.3 Å². The van der Waals surface area contributed by atoms with Crippen LogP contribution < -0.4 is 21.1 Å². The van der Waals surface area contributed by atoms with E-state index in [-0.39, 0.29) is 67.4 Å². The number of nitrogens with two attached hydrogens (primary N) is 1. The molecule has 3 saturated heterocycles. The number of aryl methyl sites for hydroxylation is 1. The van der Waals surface area contributed by atoms with Crippen LogP contribution in [0.1, 0.15) is 73.6 Å². The molecule has 3 fully saturated rings. The Morgan fingerprint density at radius 3 is 2.33 bits per heavy atom. The molecule has 17 nitrogen and oxygen atoms in total. The fourth-order valence-corrected chi connectivity index (χ4v) is 9.94. The Kier molecular flexibility index (Phi) is 15.8. The summed E-state index contributed by atoms with van der Waals surface area (Å²) in [6.07, 6.45) is 1.59. The Morgan fingerprint density at radius 1 is 0.929 bits per heavy atom. The number of thiazole rings is 1. The van der Waals surface area contributed by atoms with Gasteiger partial charge in [-0.05, 0) is 66.1 Å². The van der Waals surface area contributed by atoms with Crippen LogP contribution in [0.2, 0.25) is 0 Å². The van der Waals surface area contributed by atoms with E-state index in [0.29, 0.717) is 68.3 Å². The molecule has 6 N–H and O–H groups in total. The van der Waals surface area contributed by atoms with Gasteiger partial charge in [-0.3, -0.25) is 24.1 Å². The van der Waals surface area contributed by atoms with Crippen LogP contribution in [0.5, 0.6) is 11.5 Å². The van der Waals surface area contributed by atoms with Gasteiger partial charge in [-0.25, -0.2) is 4.98 Å². The number of rotatable bonds is 17. The van der Waals surface area contributed by atoms with Gasteiger partial charge in [0.25, 0.3) is 5.91 Å². The van der Waals surface area contributed by atoms with Crippen molar-refractivity contribution in [1.82, 2.24) is 40.5 Å². The minimum absolute atomic E-state index is 0.00834. The fraction of sp³-hybridized carbons (Fsp3) is 0.442. The molecule has 0 bridgehead atoms. The molecule has 3 atom stereocenters. The van der Waals surface area contributed by atoms with Crippen molar-refractivity contribution in [3.05, 3.63) is 107 Å². The largest absolute Gasteiger partial charge is 0.507 e. The maximum absolute atomic E-state index is 14.1. The highest BCUT2D eigenvalue weighted by molar-refractivity contribution is 7.13. The van der Waals surface area contributed by atoms with Crippen molar-refractivity contribution in [1.29, 1.82) is 0 Å². The van der Waals surface area contributed by atoms with E-state index in [1.54, 1.807) is 41.7 Å². The summed E-state index contributed by atoms with van der Waals surface area (Å²) >= 11 is 1.58. The smallest absolute Gasteiger partial charge is 0.253 e. The van der Waals surface area contributed by atoms with E-state index >= 15 is 0 Å². The van der Waals surface area contributed by atoms with Crippen LogP contribution in [0.4, 0.5) is 5.82 Å². The molecule has 0 aliphatic carbocycles. The van der Waals surface area contributed by atoms with Gasteiger partial charge in [-0.2, -0.15) is 0 Å². The molecule has 2 aromatic heterocycles. The SMILES string of the molecule is Cc1ncsc1-c1ccc(CNC(=O)[C@@H]2C[C@@H](O)CN2C(=O)[C@@H](NC(=O)CCN2CC(OC3CCN(C(=O)c4ccc(CCOc5cc(-c6ccccc6O)nnc5N)cc4)CC3)C2)C(C)(C)C)cc1. The highest BCUT2D eigenvalue weighted by Gasteiger charge is 2.44.